The van der Waals surface area contributed by atoms with Crippen LogP contribution in [0.5, 0.6) is 0 Å². The van der Waals surface area contributed by atoms with Crippen molar-refractivity contribution in [3.05, 3.63) is 31.2 Å². The van der Waals surface area contributed by atoms with E-state index in [1.807, 2.05) is 0 Å². The molecular weight excluding hydrogens is 603 g/mol. The second-order valence-corrected chi connectivity index (χ2v) is 14.5. The molecule has 2 heterocycles. The fraction of sp³-hybridized carbons (Fsp3) is 0.773. The molecule has 2 fully saturated rings. The summed E-state index contributed by atoms with van der Waals surface area (Å²) in [6.45, 7) is 13.6. The topological polar surface area (TPSA) is 0 Å². The second kappa shape index (κ2) is 22.5. The summed E-state index contributed by atoms with van der Waals surface area (Å²) in [6, 6.07) is 0. The zero-order chi connectivity index (χ0) is 26.8. The summed E-state index contributed by atoms with van der Waals surface area (Å²) in [6.07, 6.45) is 22.7. The fourth-order valence-corrected chi connectivity index (χ4v) is 8.72. The van der Waals surface area contributed by atoms with E-state index in [9.17, 15) is 34.5 Å². The number of allylic oxidation sites excluding steroid dienone is 4. The van der Waals surface area contributed by atoms with Crippen LogP contribution in [-0.2, 0) is 19.5 Å². The van der Waals surface area contributed by atoms with E-state index in [1.54, 1.807) is 0 Å². The van der Waals surface area contributed by atoms with Gasteiger partial charge in [-0.25, -0.2) is 0 Å². The Morgan fingerprint density at radius 3 is 1.17 bits per heavy atom. The summed E-state index contributed by atoms with van der Waals surface area (Å²) in [5.74, 6) is 1.05. The van der Waals surface area contributed by atoms with Crippen LogP contribution in [0, 0.1) is 12.8 Å². The maximum absolute atomic E-state index is 9.75. The average Bonchev–Trinajstić information content (AvgIpc) is 3.16. The maximum atomic E-state index is 9.75. The quantitative estimate of drug-likeness (QED) is 0.0877. The van der Waals surface area contributed by atoms with E-state index >= 15 is 0 Å². The minimum atomic E-state index is -6.00. The van der Waals surface area contributed by atoms with Crippen LogP contribution in [-0.4, -0.2) is 51.0 Å². The van der Waals surface area contributed by atoms with Crippen LogP contribution in [0.1, 0.15) is 65.7 Å². The van der Waals surface area contributed by atoms with E-state index in [1.165, 1.54) is 63.4 Å². The molecule has 2 saturated heterocycles. The first kappa shape index (κ1) is 40.0. The van der Waals surface area contributed by atoms with Gasteiger partial charge < -0.3 is 41.4 Å². The average molecular weight is 644 g/mol. The molecule has 0 radical (unpaired) electrons. The van der Waals surface area contributed by atoms with Crippen molar-refractivity contribution in [2.45, 2.75) is 77.0 Å². The first-order chi connectivity index (χ1) is 15.5. The van der Waals surface area contributed by atoms with Crippen molar-refractivity contribution in [1.82, 2.24) is 0 Å². The van der Waals surface area contributed by atoms with E-state index in [0.29, 0.717) is 15.8 Å². The molecule has 0 aromatic rings. The van der Waals surface area contributed by atoms with Gasteiger partial charge in [-0.05, 0) is 81.2 Å². The van der Waals surface area contributed by atoms with Crippen LogP contribution in [0.2, 0.25) is 0 Å². The van der Waals surface area contributed by atoms with Crippen molar-refractivity contribution in [2.75, 3.05) is 25.2 Å². The molecule has 3 rings (SSSR count). The monoisotopic (exact) mass is 644 g/mol. The Morgan fingerprint density at radius 1 is 0.714 bits per heavy atom. The summed E-state index contributed by atoms with van der Waals surface area (Å²) < 4.78 is 78.0. The largest absolute Gasteiger partial charge is 3.00 e. The molecule has 13 heteroatoms. The third-order valence-corrected chi connectivity index (χ3v) is 10.9. The van der Waals surface area contributed by atoms with Gasteiger partial charge in [-0.2, -0.15) is 6.16 Å². The molecule has 0 N–H and O–H groups in total. The van der Waals surface area contributed by atoms with Crippen molar-refractivity contribution in [1.29, 1.82) is 0 Å². The molecule has 0 aromatic carbocycles. The number of rotatable bonds is 1. The summed E-state index contributed by atoms with van der Waals surface area (Å²) in [5.41, 5.74) is 2.01. The smallest absolute Gasteiger partial charge is 0.418 e. The van der Waals surface area contributed by atoms with Gasteiger partial charge in [-0.1, -0.05) is 45.1 Å². The van der Waals surface area contributed by atoms with Crippen LogP contribution in [0.3, 0.4) is 0 Å². The zero-order valence-corrected chi connectivity index (χ0v) is 24.7. The van der Waals surface area contributed by atoms with Gasteiger partial charge in [-0.15, -0.1) is 15.8 Å². The standard InChI is InChI=1S/C8H16P.C8H12.C6H13P.2BF4.Rh/c1-4-9-7(2)5-6-8(9)3;1-2-4-6-8-7-5-3-1;1-6-3-4-7(2)5-6;2*2-1(3,4)5;/h7-8H,1,4-6H2,2-3H3;1-2,7-8H,3-6H2;6H,3-5H2,1-2H3;;;/q-1;;;2*-1;+3/b;2-1-,8-7?;;;;/t7-,8-;;6-,7-;;;/m0.0.../s1. The van der Waals surface area contributed by atoms with Crippen molar-refractivity contribution in [3.8, 4) is 0 Å². The van der Waals surface area contributed by atoms with Gasteiger partial charge in [0.2, 0.25) is 0 Å². The molecule has 3 aliphatic rings. The second-order valence-electron chi connectivity index (χ2n) is 8.76. The third-order valence-electron chi connectivity index (χ3n) is 5.35. The SMILES string of the molecule is C1=CCC/C=C\CC1.C[C@H]1CC[P@](C)C1.F[B-](F)(F)F.F[B-](F)(F)F.[CH2-]CP1[C@@H](C)CC[C@@H]1C.[Rh+3]. The molecule has 0 bridgehead atoms. The van der Waals surface area contributed by atoms with Crippen molar-refractivity contribution >= 4 is 30.4 Å². The number of hydrogen-bond acceptors (Lipinski definition) is 0. The summed E-state index contributed by atoms with van der Waals surface area (Å²) >= 11 is 0. The van der Waals surface area contributed by atoms with Gasteiger partial charge >= 0.3 is 34.0 Å². The molecule has 0 nitrogen and oxygen atoms in total. The minimum absolute atomic E-state index is 0. The fourth-order valence-electron chi connectivity index (χ4n) is 3.70. The molecule has 0 unspecified atom stereocenters. The van der Waals surface area contributed by atoms with E-state index in [2.05, 4.69) is 58.7 Å². The van der Waals surface area contributed by atoms with Gasteiger partial charge in [-0.3, -0.25) is 0 Å². The molecule has 1 aliphatic carbocycles. The van der Waals surface area contributed by atoms with Gasteiger partial charge in [0.25, 0.3) is 0 Å². The van der Waals surface area contributed by atoms with Gasteiger partial charge in [0.05, 0.1) is 0 Å². The molecule has 0 aromatic heterocycles. The summed E-state index contributed by atoms with van der Waals surface area (Å²) in [7, 11) is -11.2. The molecule has 35 heavy (non-hydrogen) atoms. The van der Waals surface area contributed by atoms with Crippen molar-refractivity contribution < 1.29 is 54.0 Å². The van der Waals surface area contributed by atoms with E-state index in [0.717, 1.165) is 17.2 Å². The molecule has 0 amide bonds. The van der Waals surface area contributed by atoms with E-state index < -0.39 is 14.5 Å². The van der Waals surface area contributed by atoms with Gasteiger partial charge in [0.1, 0.15) is 0 Å². The Bertz CT molecular complexity index is 481. The van der Waals surface area contributed by atoms with Gasteiger partial charge in [0, 0.05) is 0 Å². The number of halogens is 8. The van der Waals surface area contributed by atoms with Crippen LogP contribution in [0.15, 0.2) is 24.3 Å². The van der Waals surface area contributed by atoms with E-state index in [4.69, 9.17) is 0 Å². The Labute approximate surface area is 223 Å². The molecule has 210 valence electrons. The zero-order valence-electron chi connectivity index (χ0n) is 21.2. The summed E-state index contributed by atoms with van der Waals surface area (Å²) in [5, 5.41) is 0. The van der Waals surface area contributed by atoms with Crippen molar-refractivity contribution in [3.63, 3.8) is 0 Å². The van der Waals surface area contributed by atoms with Crippen LogP contribution >= 0.6 is 15.8 Å². The molecule has 2 aliphatic heterocycles. The Hall–Kier alpha value is 0.533. The molecule has 0 saturated carbocycles. The Morgan fingerprint density at radius 2 is 1.03 bits per heavy atom. The molecule has 0 spiro atoms. The van der Waals surface area contributed by atoms with Crippen LogP contribution in [0.25, 0.3) is 0 Å². The minimum Gasteiger partial charge on any atom is -0.418 e. The van der Waals surface area contributed by atoms with Crippen molar-refractivity contribution in [2.24, 2.45) is 5.92 Å². The van der Waals surface area contributed by atoms with Gasteiger partial charge in [0.15, 0.2) is 0 Å². The van der Waals surface area contributed by atoms with Crippen LogP contribution in [0.4, 0.5) is 34.5 Å². The van der Waals surface area contributed by atoms with Crippen LogP contribution < -0.4 is 0 Å². The predicted octanol–water partition coefficient (Wildman–Crippen LogP) is 10.3. The number of hydrogen-bond donors (Lipinski definition) is 0. The first-order valence-corrected chi connectivity index (χ1v) is 15.6. The molecular formula is C22H41B2F8P2Rh. The first-order valence-electron chi connectivity index (χ1n) is 11.8. The van der Waals surface area contributed by atoms with E-state index in [-0.39, 0.29) is 19.5 Å². The normalized spacial score (nSPS) is 27.0. The predicted molar refractivity (Wildman–Crippen MR) is 139 cm³/mol. The third kappa shape index (κ3) is 34.5. The Balaban J connectivity index is -0.000000371. The Kier molecular flexibility index (Phi) is 25.8. The summed E-state index contributed by atoms with van der Waals surface area (Å²) in [4.78, 5) is 0. The molecule has 4 atom stereocenters. The maximum Gasteiger partial charge on any atom is 3.00 e.